The number of halogens is 1. The van der Waals surface area contributed by atoms with Crippen molar-refractivity contribution in [1.29, 1.82) is 0 Å². The van der Waals surface area contributed by atoms with Crippen LogP contribution in [-0.2, 0) is 19.6 Å². The van der Waals surface area contributed by atoms with Crippen molar-refractivity contribution in [2.45, 2.75) is 44.7 Å². The Morgan fingerprint density at radius 3 is 2.34 bits per heavy atom. The van der Waals surface area contributed by atoms with Crippen molar-refractivity contribution in [2.24, 2.45) is 0 Å². The van der Waals surface area contributed by atoms with Gasteiger partial charge in [-0.25, -0.2) is 17.6 Å². The summed E-state index contributed by atoms with van der Waals surface area (Å²) in [7, 11) is -4.15. The van der Waals surface area contributed by atoms with Crippen LogP contribution in [0.1, 0.15) is 36.7 Å². The second-order valence-electron chi connectivity index (χ2n) is 6.77. The van der Waals surface area contributed by atoms with Crippen LogP contribution in [0.25, 0.3) is 0 Å². The van der Waals surface area contributed by atoms with Crippen LogP contribution in [0, 0.1) is 12.7 Å². The van der Waals surface area contributed by atoms with E-state index in [1.165, 1.54) is 37.3 Å². The Hall–Kier alpha value is -2.94. The number of anilines is 1. The predicted octanol–water partition coefficient (Wildman–Crippen LogP) is 3.00. The van der Waals surface area contributed by atoms with Gasteiger partial charge >= 0.3 is 5.97 Å². The Bertz CT molecular complexity index is 1020. The third-order valence-corrected chi connectivity index (χ3v) is 5.30. The molecule has 0 aliphatic carbocycles. The first-order chi connectivity index (χ1) is 13.5. The van der Waals surface area contributed by atoms with Crippen LogP contribution in [0.5, 0.6) is 0 Å². The Labute approximate surface area is 169 Å². The first-order valence-corrected chi connectivity index (χ1v) is 10.4. The highest BCUT2D eigenvalue weighted by Crippen LogP contribution is 2.22. The highest BCUT2D eigenvalue weighted by Gasteiger charge is 2.23. The number of para-hydroxylation sites is 1. The number of esters is 1. The molecule has 29 heavy (non-hydrogen) atoms. The molecule has 2 aromatic rings. The van der Waals surface area contributed by atoms with Crippen LogP contribution in [0.4, 0.5) is 10.1 Å². The first kappa shape index (κ1) is 22.4. The lowest BCUT2D eigenvalue weighted by Crippen LogP contribution is -2.39. The SMILES string of the molecule is Cc1ccc(S(=O)(=O)Nc2ccccc2F)cc1C(=O)O[C@@H](C)C(=O)NC(C)C. The van der Waals surface area contributed by atoms with Gasteiger partial charge in [-0.15, -0.1) is 0 Å². The van der Waals surface area contributed by atoms with Crippen molar-refractivity contribution in [2.75, 3.05) is 4.72 Å². The summed E-state index contributed by atoms with van der Waals surface area (Å²) in [6.07, 6.45) is -1.05. The summed E-state index contributed by atoms with van der Waals surface area (Å²) in [6, 6.07) is 9.07. The number of nitrogens with one attached hydrogen (secondary N) is 2. The molecule has 1 atom stereocenters. The fraction of sp³-hybridized carbons (Fsp3) is 0.300. The normalized spacial score (nSPS) is 12.3. The number of carbonyl (C=O) groups excluding carboxylic acids is 2. The monoisotopic (exact) mass is 422 g/mol. The first-order valence-electron chi connectivity index (χ1n) is 8.90. The van der Waals surface area contributed by atoms with Gasteiger partial charge in [0, 0.05) is 6.04 Å². The van der Waals surface area contributed by atoms with E-state index >= 15 is 0 Å². The minimum absolute atomic E-state index is 0.00870. The summed E-state index contributed by atoms with van der Waals surface area (Å²) < 4.78 is 46.3. The molecule has 0 unspecified atom stereocenters. The van der Waals surface area contributed by atoms with E-state index in [-0.39, 0.29) is 22.2 Å². The zero-order valence-corrected chi connectivity index (χ0v) is 17.3. The van der Waals surface area contributed by atoms with Crippen molar-refractivity contribution in [1.82, 2.24) is 5.32 Å². The Kier molecular flexibility index (Phi) is 6.97. The zero-order valence-electron chi connectivity index (χ0n) is 16.5. The second kappa shape index (κ2) is 9.04. The molecule has 0 bridgehead atoms. The molecule has 0 aliphatic rings. The predicted molar refractivity (Wildman–Crippen MR) is 107 cm³/mol. The largest absolute Gasteiger partial charge is 0.449 e. The quantitative estimate of drug-likeness (QED) is 0.668. The van der Waals surface area contributed by atoms with E-state index in [4.69, 9.17) is 4.74 Å². The fourth-order valence-electron chi connectivity index (χ4n) is 2.42. The minimum Gasteiger partial charge on any atom is -0.449 e. The van der Waals surface area contributed by atoms with Crippen molar-refractivity contribution in [3.8, 4) is 0 Å². The van der Waals surface area contributed by atoms with E-state index in [0.717, 1.165) is 12.1 Å². The van der Waals surface area contributed by atoms with Crippen LogP contribution < -0.4 is 10.0 Å². The molecular formula is C20H23FN2O5S. The Morgan fingerprint density at radius 2 is 1.72 bits per heavy atom. The van der Waals surface area contributed by atoms with Crippen molar-refractivity contribution >= 4 is 27.6 Å². The molecule has 0 aromatic heterocycles. The van der Waals surface area contributed by atoms with Gasteiger partial charge < -0.3 is 10.1 Å². The minimum atomic E-state index is -4.15. The zero-order chi connectivity index (χ0) is 21.8. The van der Waals surface area contributed by atoms with Gasteiger partial charge in [0.1, 0.15) is 5.82 Å². The number of hydrogen-bond donors (Lipinski definition) is 2. The van der Waals surface area contributed by atoms with Crippen molar-refractivity contribution in [3.63, 3.8) is 0 Å². The van der Waals surface area contributed by atoms with E-state index in [1.54, 1.807) is 20.8 Å². The molecule has 0 aliphatic heterocycles. The standard InChI is InChI=1S/C20H23FN2O5S/c1-12(2)22-19(24)14(4)28-20(25)16-11-15(10-9-13(16)3)29(26,27)23-18-8-6-5-7-17(18)21/h5-12,14,23H,1-4H3,(H,22,24)/t14-/m0/s1. The van der Waals surface area contributed by atoms with Crippen LogP contribution >= 0.6 is 0 Å². The van der Waals surface area contributed by atoms with E-state index in [9.17, 15) is 22.4 Å². The van der Waals surface area contributed by atoms with Crippen molar-refractivity contribution in [3.05, 3.63) is 59.4 Å². The molecule has 0 radical (unpaired) electrons. The third-order valence-electron chi connectivity index (χ3n) is 3.94. The molecule has 0 saturated carbocycles. The van der Waals surface area contributed by atoms with Crippen molar-refractivity contribution < 1.29 is 27.1 Å². The molecular weight excluding hydrogens is 399 g/mol. The van der Waals surface area contributed by atoms with Crippen LogP contribution in [0.3, 0.4) is 0 Å². The topological polar surface area (TPSA) is 102 Å². The molecule has 9 heteroatoms. The summed E-state index contributed by atoms with van der Waals surface area (Å²) in [6.45, 7) is 6.57. The average Bonchev–Trinajstić information content (AvgIpc) is 2.63. The van der Waals surface area contributed by atoms with Gasteiger partial charge in [0.05, 0.1) is 16.1 Å². The molecule has 1 amide bonds. The number of rotatable bonds is 7. The van der Waals surface area contributed by atoms with Gasteiger partial charge in [0.25, 0.3) is 15.9 Å². The van der Waals surface area contributed by atoms with E-state index in [2.05, 4.69) is 10.0 Å². The van der Waals surface area contributed by atoms with Gasteiger partial charge in [-0.2, -0.15) is 0 Å². The van der Waals surface area contributed by atoms with Gasteiger partial charge in [-0.1, -0.05) is 18.2 Å². The fourth-order valence-corrected chi connectivity index (χ4v) is 3.51. The summed E-state index contributed by atoms with van der Waals surface area (Å²) >= 11 is 0. The third kappa shape index (κ3) is 5.77. The second-order valence-corrected chi connectivity index (χ2v) is 8.46. The lowest BCUT2D eigenvalue weighted by Gasteiger charge is -2.16. The summed E-state index contributed by atoms with van der Waals surface area (Å²) in [4.78, 5) is 24.2. The number of benzene rings is 2. The van der Waals surface area contributed by atoms with Crippen LogP contribution in [-0.4, -0.2) is 32.4 Å². The van der Waals surface area contributed by atoms with Crippen LogP contribution in [0.15, 0.2) is 47.4 Å². The highest BCUT2D eigenvalue weighted by atomic mass is 32.2. The maximum absolute atomic E-state index is 13.8. The molecule has 2 rings (SSSR count). The van der Waals surface area contributed by atoms with E-state index in [1.807, 2.05) is 0 Å². The number of aryl methyl sites for hydroxylation is 1. The smallest absolute Gasteiger partial charge is 0.339 e. The lowest BCUT2D eigenvalue weighted by atomic mass is 10.1. The number of carbonyl (C=O) groups is 2. The van der Waals surface area contributed by atoms with Gasteiger partial charge in [0.2, 0.25) is 0 Å². The lowest BCUT2D eigenvalue weighted by molar-refractivity contribution is -0.129. The molecule has 0 spiro atoms. The van der Waals surface area contributed by atoms with E-state index in [0.29, 0.717) is 5.56 Å². The number of hydrogen-bond acceptors (Lipinski definition) is 5. The molecule has 2 N–H and O–H groups in total. The summed E-state index contributed by atoms with van der Waals surface area (Å²) in [5, 5.41) is 2.62. The van der Waals surface area contributed by atoms with E-state index < -0.39 is 33.8 Å². The Balaban J connectivity index is 2.26. The molecule has 2 aromatic carbocycles. The molecule has 7 nitrogen and oxygen atoms in total. The Morgan fingerprint density at radius 1 is 1.07 bits per heavy atom. The molecule has 0 heterocycles. The van der Waals surface area contributed by atoms with Gasteiger partial charge in [-0.3, -0.25) is 9.52 Å². The summed E-state index contributed by atoms with van der Waals surface area (Å²) in [5.41, 5.74) is 0.248. The highest BCUT2D eigenvalue weighted by molar-refractivity contribution is 7.92. The van der Waals surface area contributed by atoms with Gasteiger partial charge in [0.15, 0.2) is 6.10 Å². The molecule has 0 saturated heterocycles. The maximum Gasteiger partial charge on any atom is 0.339 e. The number of ether oxygens (including phenoxy) is 1. The van der Waals surface area contributed by atoms with Crippen LogP contribution in [0.2, 0.25) is 0 Å². The van der Waals surface area contributed by atoms with Gasteiger partial charge in [-0.05, 0) is 57.5 Å². The summed E-state index contributed by atoms with van der Waals surface area (Å²) in [5.74, 6) is -2.03. The molecule has 156 valence electrons. The maximum atomic E-state index is 13.8. The molecule has 0 fully saturated rings. The number of sulfonamides is 1. The number of amides is 1. The average molecular weight is 422 g/mol.